The quantitative estimate of drug-likeness (QED) is 0.714. The van der Waals surface area contributed by atoms with Crippen LogP contribution in [0.3, 0.4) is 0 Å². The monoisotopic (exact) mass is 346 g/mol. The molecule has 2 heterocycles. The molecule has 0 fully saturated rings. The smallest absolute Gasteiger partial charge is 0.224 e. The lowest BCUT2D eigenvalue weighted by Gasteiger charge is -2.06. The number of nitrogens with zero attached hydrogens (tertiary/aromatic N) is 1. The summed E-state index contributed by atoms with van der Waals surface area (Å²) < 4.78 is 13.5. The topological polar surface area (TPSA) is 42.0 Å². The van der Waals surface area contributed by atoms with Crippen LogP contribution in [0.1, 0.15) is 16.3 Å². The summed E-state index contributed by atoms with van der Waals surface area (Å²) in [4.78, 5) is 18.8. The molecule has 3 nitrogen and oxygen atoms in total. The highest BCUT2D eigenvalue weighted by Crippen LogP contribution is 2.32. The van der Waals surface area contributed by atoms with E-state index < -0.39 is 5.82 Å². The maximum Gasteiger partial charge on any atom is 0.224 e. The van der Waals surface area contributed by atoms with Crippen LogP contribution in [0.2, 0.25) is 0 Å². The Kier molecular flexibility index (Phi) is 4.83. The van der Waals surface area contributed by atoms with E-state index in [0.717, 1.165) is 20.5 Å². The van der Waals surface area contributed by atoms with Crippen LogP contribution in [0.5, 0.6) is 0 Å². The number of aryl methyl sites for hydroxylation is 2. The molecule has 3 aromatic rings. The Morgan fingerprint density at radius 1 is 1.26 bits per heavy atom. The van der Waals surface area contributed by atoms with Gasteiger partial charge in [-0.1, -0.05) is 18.2 Å². The maximum absolute atomic E-state index is 13.5. The Morgan fingerprint density at radius 2 is 2.09 bits per heavy atom. The Morgan fingerprint density at radius 3 is 2.83 bits per heavy atom. The van der Waals surface area contributed by atoms with Crippen molar-refractivity contribution in [3.05, 3.63) is 57.5 Å². The zero-order valence-electron chi connectivity index (χ0n) is 12.5. The van der Waals surface area contributed by atoms with E-state index in [9.17, 15) is 9.18 Å². The number of benzene rings is 1. The molecule has 0 aliphatic heterocycles. The third-order valence-corrected chi connectivity index (χ3v) is 5.19. The molecule has 1 aromatic carbocycles. The number of para-hydroxylation sites is 1. The van der Waals surface area contributed by atoms with Crippen LogP contribution in [0, 0.1) is 12.7 Å². The van der Waals surface area contributed by atoms with Crippen molar-refractivity contribution in [3.8, 4) is 10.6 Å². The normalized spacial score (nSPS) is 10.7. The average Bonchev–Trinajstić information content (AvgIpc) is 3.16. The number of carbonyl (C=O) groups is 1. The summed E-state index contributed by atoms with van der Waals surface area (Å²) >= 11 is 3.24. The number of hydrogen-bond donors (Lipinski definition) is 1. The predicted octanol–water partition coefficient (Wildman–Crippen LogP) is 4.89. The van der Waals surface area contributed by atoms with Gasteiger partial charge in [-0.25, -0.2) is 9.37 Å². The number of halogens is 1. The fraction of sp³-hybridized carbons (Fsp3) is 0.176. The minimum Gasteiger partial charge on any atom is -0.324 e. The van der Waals surface area contributed by atoms with E-state index >= 15 is 0 Å². The summed E-state index contributed by atoms with van der Waals surface area (Å²) in [5, 5.41) is 5.61. The molecule has 0 saturated heterocycles. The highest BCUT2D eigenvalue weighted by atomic mass is 32.1. The van der Waals surface area contributed by atoms with Crippen LogP contribution in [-0.2, 0) is 11.2 Å². The SMILES string of the molecule is Cc1nc(-c2cccs2)c(CCC(=O)Nc2ccccc2F)s1. The van der Waals surface area contributed by atoms with E-state index in [1.807, 2.05) is 24.4 Å². The van der Waals surface area contributed by atoms with E-state index in [0.29, 0.717) is 12.8 Å². The molecular weight excluding hydrogens is 331 g/mol. The molecule has 0 spiro atoms. The molecule has 0 aliphatic rings. The van der Waals surface area contributed by atoms with Crippen LogP contribution in [-0.4, -0.2) is 10.9 Å². The molecule has 0 atom stereocenters. The summed E-state index contributed by atoms with van der Waals surface area (Å²) in [5.41, 5.74) is 1.18. The van der Waals surface area contributed by atoms with Gasteiger partial charge >= 0.3 is 0 Å². The molecule has 0 radical (unpaired) electrons. The molecule has 2 aromatic heterocycles. The first-order valence-corrected chi connectivity index (χ1v) is 8.87. The lowest BCUT2D eigenvalue weighted by Crippen LogP contribution is -2.13. The number of thiophene rings is 1. The molecule has 0 aliphatic carbocycles. The van der Waals surface area contributed by atoms with Gasteiger partial charge < -0.3 is 5.32 Å². The largest absolute Gasteiger partial charge is 0.324 e. The van der Waals surface area contributed by atoms with Gasteiger partial charge in [-0.2, -0.15) is 0 Å². The number of thiazole rings is 1. The number of nitrogens with one attached hydrogen (secondary N) is 1. The maximum atomic E-state index is 13.5. The van der Waals surface area contributed by atoms with Gasteiger partial charge in [-0.05, 0) is 36.9 Å². The summed E-state index contributed by atoms with van der Waals surface area (Å²) in [7, 11) is 0. The predicted molar refractivity (Wildman–Crippen MR) is 93.5 cm³/mol. The molecule has 0 unspecified atom stereocenters. The zero-order valence-corrected chi connectivity index (χ0v) is 14.1. The van der Waals surface area contributed by atoms with Crippen molar-refractivity contribution in [3.63, 3.8) is 0 Å². The van der Waals surface area contributed by atoms with Gasteiger partial charge in [-0.15, -0.1) is 22.7 Å². The van der Waals surface area contributed by atoms with Gasteiger partial charge in [0.25, 0.3) is 0 Å². The van der Waals surface area contributed by atoms with Crippen molar-refractivity contribution in [2.75, 3.05) is 5.32 Å². The average molecular weight is 346 g/mol. The third kappa shape index (κ3) is 3.83. The summed E-state index contributed by atoms with van der Waals surface area (Å²) in [6.45, 7) is 1.96. The Bertz CT molecular complexity index is 812. The summed E-state index contributed by atoms with van der Waals surface area (Å²) in [5.74, 6) is -0.618. The van der Waals surface area contributed by atoms with Crippen LogP contribution in [0.4, 0.5) is 10.1 Å². The Hall–Kier alpha value is -2.05. The van der Waals surface area contributed by atoms with Crippen LogP contribution in [0.15, 0.2) is 41.8 Å². The second kappa shape index (κ2) is 7.02. The molecule has 1 N–H and O–H groups in total. The molecule has 6 heteroatoms. The first-order chi connectivity index (χ1) is 11.1. The second-order valence-electron chi connectivity index (χ2n) is 5.01. The highest BCUT2D eigenvalue weighted by molar-refractivity contribution is 7.15. The first-order valence-electron chi connectivity index (χ1n) is 7.18. The van der Waals surface area contributed by atoms with Gasteiger partial charge in [0.1, 0.15) is 5.82 Å². The molecule has 1 amide bonds. The van der Waals surface area contributed by atoms with E-state index in [1.54, 1.807) is 40.9 Å². The molecule has 0 bridgehead atoms. The molecule has 0 saturated carbocycles. The van der Waals surface area contributed by atoms with Crippen LogP contribution < -0.4 is 5.32 Å². The Balaban J connectivity index is 1.67. The fourth-order valence-electron chi connectivity index (χ4n) is 2.25. The van der Waals surface area contributed by atoms with E-state index in [2.05, 4.69) is 10.3 Å². The van der Waals surface area contributed by atoms with Crippen molar-refractivity contribution in [1.29, 1.82) is 0 Å². The Labute approximate surface area is 141 Å². The van der Waals surface area contributed by atoms with E-state index in [-0.39, 0.29) is 11.6 Å². The molecule has 118 valence electrons. The van der Waals surface area contributed by atoms with Gasteiger partial charge in [-0.3, -0.25) is 4.79 Å². The number of aromatic nitrogens is 1. The van der Waals surface area contributed by atoms with Crippen LogP contribution >= 0.6 is 22.7 Å². The van der Waals surface area contributed by atoms with Gasteiger partial charge in [0.15, 0.2) is 0 Å². The van der Waals surface area contributed by atoms with Gasteiger partial charge in [0, 0.05) is 11.3 Å². The number of hydrogen-bond acceptors (Lipinski definition) is 4. The fourth-order valence-corrected chi connectivity index (χ4v) is 4.00. The third-order valence-electron chi connectivity index (χ3n) is 3.29. The van der Waals surface area contributed by atoms with Crippen molar-refractivity contribution in [1.82, 2.24) is 4.98 Å². The van der Waals surface area contributed by atoms with Crippen molar-refractivity contribution < 1.29 is 9.18 Å². The highest BCUT2D eigenvalue weighted by Gasteiger charge is 2.14. The second-order valence-corrected chi connectivity index (χ2v) is 7.25. The molecule has 3 rings (SSSR count). The van der Waals surface area contributed by atoms with Crippen molar-refractivity contribution in [2.45, 2.75) is 19.8 Å². The van der Waals surface area contributed by atoms with Gasteiger partial charge in [0.05, 0.1) is 21.3 Å². The lowest BCUT2D eigenvalue weighted by molar-refractivity contribution is -0.116. The first kappa shape index (κ1) is 15.8. The zero-order chi connectivity index (χ0) is 16.2. The van der Waals surface area contributed by atoms with Crippen molar-refractivity contribution >= 4 is 34.3 Å². The van der Waals surface area contributed by atoms with E-state index in [1.165, 1.54) is 6.07 Å². The van der Waals surface area contributed by atoms with Gasteiger partial charge in [0.2, 0.25) is 5.91 Å². The number of rotatable bonds is 5. The molecular formula is C17H15FN2OS2. The number of amides is 1. The number of anilines is 1. The minimum absolute atomic E-state index is 0.196. The van der Waals surface area contributed by atoms with E-state index in [4.69, 9.17) is 0 Å². The standard InChI is InChI=1S/C17H15FN2OS2/c1-11-19-17(14-7-4-10-22-14)15(23-11)8-9-16(21)20-13-6-3-2-5-12(13)18/h2-7,10H,8-9H2,1H3,(H,20,21). The summed E-state index contributed by atoms with van der Waals surface area (Å²) in [6.07, 6.45) is 0.896. The van der Waals surface area contributed by atoms with Crippen LogP contribution in [0.25, 0.3) is 10.6 Å². The summed E-state index contributed by atoms with van der Waals surface area (Å²) in [6, 6.07) is 10.2. The van der Waals surface area contributed by atoms with Crippen molar-refractivity contribution in [2.24, 2.45) is 0 Å². The number of carbonyl (C=O) groups excluding carboxylic acids is 1. The lowest BCUT2D eigenvalue weighted by atomic mass is 10.2. The molecule has 23 heavy (non-hydrogen) atoms. The minimum atomic E-state index is -0.422.